The minimum atomic E-state index is -3.75. The Balaban J connectivity index is 1.92. The maximum absolute atomic E-state index is 13.0. The number of hydrogen-bond donors (Lipinski definition) is 2. The van der Waals surface area contributed by atoms with E-state index in [0.29, 0.717) is 11.1 Å². The fourth-order valence-corrected chi connectivity index (χ4v) is 3.02. The van der Waals surface area contributed by atoms with Gasteiger partial charge in [-0.3, -0.25) is 4.79 Å². The lowest BCUT2D eigenvalue weighted by atomic mass is 10.2. The molecule has 124 valence electrons. The van der Waals surface area contributed by atoms with Crippen molar-refractivity contribution in [2.45, 2.75) is 5.75 Å². The second-order valence-corrected chi connectivity index (χ2v) is 6.76. The van der Waals surface area contributed by atoms with Crippen LogP contribution in [-0.4, -0.2) is 20.9 Å². The number of halogens is 1. The van der Waals surface area contributed by atoms with E-state index in [2.05, 4.69) is 10.0 Å². The van der Waals surface area contributed by atoms with E-state index in [-0.39, 0.29) is 11.4 Å². The van der Waals surface area contributed by atoms with E-state index in [9.17, 15) is 17.6 Å². The van der Waals surface area contributed by atoms with Crippen LogP contribution in [0.3, 0.4) is 0 Å². The van der Waals surface area contributed by atoms with Crippen molar-refractivity contribution < 1.29 is 17.6 Å². The Hall–Kier alpha value is -2.76. The first-order chi connectivity index (χ1) is 11.4. The molecule has 2 rings (SSSR count). The van der Waals surface area contributed by atoms with E-state index in [1.54, 1.807) is 18.2 Å². The normalized spacial score (nSPS) is 10.8. The van der Waals surface area contributed by atoms with Crippen LogP contribution in [0.25, 0.3) is 0 Å². The van der Waals surface area contributed by atoms with Crippen LogP contribution in [0.5, 0.6) is 0 Å². The zero-order valence-electron chi connectivity index (χ0n) is 12.5. The molecule has 24 heavy (non-hydrogen) atoms. The summed E-state index contributed by atoms with van der Waals surface area (Å²) in [5, 5.41) is 11.2. The number of nitrogens with one attached hydrogen (secondary N) is 2. The van der Waals surface area contributed by atoms with Crippen LogP contribution >= 0.6 is 0 Å². The number of nitrogens with zero attached hydrogens (tertiary/aromatic N) is 1. The summed E-state index contributed by atoms with van der Waals surface area (Å²) in [5.74, 6) is -1.48. The van der Waals surface area contributed by atoms with Crippen LogP contribution in [-0.2, 0) is 20.6 Å². The molecule has 2 N–H and O–H groups in total. The van der Waals surface area contributed by atoms with Crippen molar-refractivity contribution in [2.24, 2.45) is 0 Å². The van der Waals surface area contributed by atoms with Gasteiger partial charge in [0.2, 0.25) is 15.9 Å². The standard InChI is InChI=1S/C16H14FN3O3S/c17-14-5-2-6-15(8-14)20-16(21)10-19-24(22,23)11-13-4-1-3-12(7-13)9-18/h1-8,19H,10-11H2,(H,20,21). The molecule has 6 nitrogen and oxygen atoms in total. The molecular weight excluding hydrogens is 333 g/mol. The summed E-state index contributed by atoms with van der Waals surface area (Å²) in [6.45, 7) is -0.475. The third-order valence-electron chi connectivity index (χ3n) is 2.97. The lowest BCUT2D eigenvalue weighted by Gasteiger charge is -2.08. The predicted octanol–water partition coefficient (Wildman–Crippen LogP) is 1.76. The molecule has 0 aromatic heterocycles. The molecule has 2 aromatic carbocycles. The van der Waals surface area contributed by atoms with Crippen molar-refractivity contribution in [1.29, 1.82) is 5.26 Å². The van der Waals surface area contributed by atoms with E-state index in [4.69, 9.17) is 5.26 Å². The van der Waals surface area contributed by atoms with Crippen molar-refractivity contribution in [3.63, 3.8) is 0 Å². The Morgan fingerprint density at radius 2 is 1.92 bits per heavy atom. The Bertz CT molecular complexity index is 891. The molecule has 0 saturated heterocycles. The van der Waals surface area contributed by atoms with Crippen molar-refractivity contribution in [3.8, 4) is 6.07 Å². The van der Waals surface area contributed by atoms with Gasteiger partial charge in [0.1, 0.15) is 5.82 Å². The molecule has 0 saturated carbocycles. The quantitative estimate of drug-likeness (QED) is 0.831. The lowest BCUT2D eigenvalue weighted by Crippen LogP contribution is -2.33. The highest BCUT2D eigenvalue weighted by Gasteiger charge is 2.14. The van der Waals surface area contributed by atoms with Crippen LogP contribution in [0.4, 0.5) is 10.1 Å². The molecule has 1 amide bonds. The van der Waals surface area contributed by atoms with Gasteiger partial charge in [-0.2, -0.15) is 5.26 Å². The molecule has 0 heterocycles. The van der Waals surface area contributed by atoms with Gasteiger partial charge in [-0.1, -0.05) is 18.2 Å². The Kier molecular flexibility index (Phi) is 5.63. The van der Waals surface area contributed by atoms with Gasteiger partial charge in [-0.25, -0.2) is 17.5 Å². The summed E-state index contributed by atoms with van der Waals surface area (Å²) in [7, 11) is -3.75. The van der Waals surface area contributed by atoms with Gasteiger partial charge in [0.25, 0.3) is 0 Å². The Morgan fingerprint density at radius 3 is 2.62 bits per heavy atom. The Morgan fingerprint density at radius 1 is 1.17 bits per heavy atom. The molecule has 8 heteroatoms. The molecule has 0 aliphatic carbocycles. The highest BCUT2D eigenvalue weighted by atomic mass is 32.2. The first-order valence-corrected chi connectivity index (χ1v) is 8.55. The van der Waals surface area contributed by atoms with Crippen LogP contribution in [0.2, 0.25) is 0 Å². The highest BCUT2D eigenvalue weighted by Crippen LogP contribution is 2.09. The van der Waals surface area contributed by atoms with Crippen LogP contribution in [0, 0.1) is 17.1 Å². The summed E-state index contributed by atoms with van der Waals surface area (Å²) in [5.41, 5.74) is 1.03. The molecule has 0 spiro atoms. The number of nitriles is 1. The zero-order chi connectivity index (χ0) is 17.6. The monoisotopic (exact) mass is 347 g/mol. The molecular formula is C16H14FN3O3S. The molecule has 0 aliphatic heterocycles. The zero-order valence-corrected chi connectivity index (χ0v) is 13.3. The maximum Gasteiger partial charge on any atom is 0.239 e. The summed E-state index contributed by atoms with van der Waals surface area (Å²) in [4.78, 5) is 11.7. The summed E-state index contributed by atoms with van der Waals surface area (Å²) < 4.78 is 39.1. The predicted molar refractivity (Wildman–Crippen MR) is 86.8 cm³/mol. The van der Waals surface area contributed by atoms with Gasteiger partial charge in [0.15, 0.2) is 0 Å². The number of rotatable bonds is 6. The molecule has 0 atom stereocenters. The third-order valence-corrected chi connectivity index (χ3v) is 4.27. The van der Waals surface area contributed by atoms with Crippen LogP contribution in [0.15, 0.2) is 48.5 Å². The van der Waals surface area contributed by atoms with Gasteiger partial charge < -0.3 is 5.32 Å². The van der Waals surface area contributed by atoms with Gasteiger partial charge in [-0.15, -0.1) is 0 Å². The lowest BCUT2D eigenvalue weighted by molar-refractivity contribution is -0.115. The number of anilines is 1. The van der Waals surface area contributed by atoms with Crippen LogP contribution in [0.1, 0.15) is 11.1 Å². The van der Waals surface area contributed by atoms with E-state index in [1.165, 1.54) is 24.3 Å². The summed E-state index contributed by atoms with van der Waals surface area (Å²) in [6, 6.07) is 13.4. The van der Waals surface area contributed by atoms with E-state index >= 15 is 0 Å². The topological polar surface area (TPSA) is 99.1 Å². The van der Waals surface area contributed by atoms with Crippen LogP contribution < -0.4 is 10.0 Å². The number of sulfonamides is 1. The molecule has 2 aromatic rings. The van der Waals surface area contributed by atoms with Gasteiger partial charge >= 0.3 is 0 Å². The number of carbonyl (C=O) groups excluding carboxylic acids is 1. The fourth-order valence-electron chi connectivity index (χ4n) is 1.95. The number of amides is 1. The fraction of sp³-hybridized carbons (Fsp3) is 0.125. The Labute approximate surface area is 139 Å². The summed E-state index contributed by atoms with van der Waals surface area (Å²) in [6.07, 6.45) is 0. The van der Waals surface area contributed by atoms with Gasteiger partial charge in [0, 0.05) is 5.69 Å². The largest absolute Gasteiger partial charge is 0.325 e. The second-order valence-electron chi connectivity index (χ2n) is 4.95. The molecule has 0 unspecified atom stereocenters. The van der Waals surface area contributed by atoms with Gasteiger partial charge in [-0.05, 0) is 35.9 Å². The maximum atomic E-state index is 13.0. The highest BCUT2D eigenvalue weighted by molar-refractivity contribution is 7.88. The average Bonchev–Trinajstić information content (AvgIpc) is 2.53. The number of carbonyl (C=O) groups is 1. The molecule has 0 bridgehead atoms. The van der Waals surface area contributed by atoms with Crippen molar-refractivity contribution >= 4 is 21.6 Å². The minimum Gasteiger partial charge on any atom is -0.325 e. The SMILES string of the molecule is N#Cc1cccc(CS(=O)(=O)NCC(=O)Nc2cccc(F)c2)c1. The third kappa shape index (κ3) is 5.46. The van der Waals surface area contributed by atoms with Gasteiger partial charge in [0.05, 0.1) is 23.9 Å². The smallest absolute Gasteiger partial charge is 0.239 e. The minimum absolute atomic E-state index is 0.237. The van der Waals surface area contributed by atoms with E-state index in [1.807, 2.05) is 6.07 Å². The van der Waals surface area contributed by atoms with E-state index in [0.717, 1.165) is 6.07 Å². The first-order valence-electron chi connectivity index (χ1n) is 6.90. The van der Waals surface area contributed by atoms with Crippen molar-refractivity contribution in [1.82, 2.24) is 4.72 Å². The van der Waals surface area contributed by atoms with Crippen molar-refractivity contribution in [3.05, 3.63) is 65.5 Å². The van der Waals surface area contributed by atoms with Crippen molar-refractivity contribution in [2.75, 3.05) is 11.9 Å². The first kappa shape index (κ1) is 17.6. The summed E-state index contributed by atoms with van der Waals surface area (Å²) >= 11 is 0. The number of hydrogen-bond acceptors (Lipinski definition) is 4. The average molecular weight is 347 g/mol. The molecule has 0 radical (unpaired) electrons. The van der Waals surface area contributed by atoms with E-state index < -0.39 is 28.3 Å². The molecule has 0 aliphatic rings. The molecule has 0 fully saturated rings. The second kappa shape index (κ2) is 7.68. The number of benzene rings is 2.